The Kier molecular flexibility index (Phi) is 5.18. The highest BCUT2D eigenvalue weighted by molar-refractivity contribution is 7.92. The zero-order valence-corrected chi connectivity index (χ0v) is 18.0. The largest absolute Gasteiger partial charge is 0.462 e. The maximum atomic E-state index is 13.1. The number of rotatable bonds is 4. The molecule has 4 rings (SSSR count). The van der Waals surface area contributed by atoms with Crippen molar-refractivity contribution in [2.45, 2.75) is 37.8 Å². The minimum atomic E-state index is -3.93. The highest BCUT2D eigenvalue weighted by Gasteiger charge is 2.25. The van der Waals surface area contributed by atoms with Gasteiger partial charge in [0.05, 0.1) is 23.2 Å². The van der Waals surface area contributed by atoms with Crippen molar-refractivity contribution in [3.8, 4) is 6.07 Å². The predicted molar refractivity (Wildman–Crippen MR) is 117 cm³/mol. The normalized spacial score (nSPS) is 19.6. The van der Waals surface area contributed by atoms with Crippen LogP contribution < -0.4 is 14.9 Å². The fourth-order valence-electron chi connectivity index (χ4n) is 4.03. The number of hydrogen-bond donors (Lipinski definition) is 2. The maximum absolute atomic E-state index is 13.1. The summed E-state index contributed by atoms with van der Waals surface area (Å²) in [7, 11) is -3.93. The van der Waals surface area contributed by atoms with Crippen LogP contribution in [0.1, 0.15) is 25.0 Å². The zero-order valence-electron chi connectivity index (χ0n) is 17.1. The number of furan rings is 1. The van der Waals surface area contributed by atoms with E-state index in [1.807, 2.05) is 12.1 Å². The summed E-state index contributed by atoms with van der Waals surface area (Å²) in [6.07, 6.45) is 1.61. The van der Waals surface area contributed by atoms with E-state index in [0.717, 1.165) is 35.3 Å². The van der Waals surface area contributed by atoms with Gasteiger partial charge in [-0.15, -0.1) is 0 Å². The average molecular weight is 425 g/mol. The Morgan fingerprint density at radius 1 is 1.17 bits per heavy atom. The molecular formula is C22H24N4O3S. The molecule has 2 N–H and O–H groups in total. The molecule has 156 valence electrons. The van der Waals surface area contributed by atoms with Gasteiger partial charge in [0.25, 0.3) is 10.0 Å². The second kappa shape index (κ2) is 7.67. The summed E-state index contributed by atoms with van der Waals surface area (Å²) in [4.78, 5) is 2.19. The number of benzene rings is 2. The van der Waals surface area contributed by atoms with Crippen LogP contribution in [0.5, 0.6) is 0 Å². The number of nitriles is 1. The van der Waals surface area contributed by atoms with Gasteiger partial charge >= 0.3 is 0 Å². The average Bonchev–Trinajstić information content (AvgIpc) is 3.14. The molecule has 1 aromatic heterocycles. The van der Waals surface area contributed by atoms with E-state index in [2.05, 4.69) is 28.8 Å². The number of piperazine rings is 1. The summed E-state index contributed by atoms with van der Waals surface area (Å²) in [5, 5.41) is 13.7. The molecule has 2 atom stereocenters. The molecule has 0 amide bonds. The van der Waals surface area contributed by atoms with Gasteiger partial charge in [0.2, 0.25) is 0 Å². The maximum Gasteiger partial charge on any atom is 0.263 e. The first-order chi connectivity index (χ1) is 14.3. The van der Waals surface area contributed by atoms with Crippen molar-refractivity contribution in [2.24, 2.45) is 0 Å². The Morgan fingerprint density at radius 2 is 1.90 bits per heavy atom. The minimum absolute atomic E-state index is 0.0248. The van der Waals surface area contributed by atoms with E-state index in [4.69, 9.17) is 4.42 Å². The number of anilines is 2. The van der Waals surface area contributed by atoms with Gasteiger partial charge in [-0.05, 0) is 56.7 Å². The Balaban J connectivity index is 1.76. The van der Waals surface area contributed by atoms with E-state index in [1.165, 1.54) is 12.1 Å². The quantitative estimate of drug-likeness (QED) is 0.664. The van der Waals surface area contributed by atoms with E-state index in [9.17, 15) is 13.7 Å². The van der Waals surface area contributed by atoms with Gasteiger partial charge in [0.15, 0.2) is 5.58 Å². The summed E-state index contributed by atoms with van der Waals surface area (Å²) in [5.74, 6) is 0. The van der Waals surface area contributed by atoms with Crippen LogP contribution in [0, 0.1) is 18.3 Å². The van der Waals surface area contributed by atoms with Crippen molar-refractivity contribution in [1.82, 2.24) is 5.32 Å². The number of nitrogens with one attached hydrogen (secondary N) is 2. The van der Waals surface area contributed by atoms with E-state index in [-0.39, 0.29) is 10.5 Å². The third-order valence-electron chi connectivity index (χ3n) is 5.23. The molecule has 1 aliphatic rings. The molecule has 1 aliphatic heterocycles. The second-order valence-corrected chi connectivity index (χ2v) is 9.58. The van der Waals surface area contributed by atoms with Gasteiger partial charge in [-0.1, -0.05) is 6.07 Å². The van der Waals surface area contributed by atoms with Crippen molar-refractivity contribution >= 4 is 32.4 Å². The monoisotopic (exact) mass is 424 g/mol. The molecule has 2 heterocycles. The lowest BCUT2D eigenvalue weighted by molar-refractivity contribution is 0.406. The summed E-state index contributed by atoms with van der Waals surface area (Å²) in [5.41, 5.74) is 2.89. The van der Waals surface area contributed by atoms with Gasteiger partial charge in [-0.25, -0.2) is 8.42 Å². The molecule has 8 heteroatoms. The Hall–Kier alpha value is -3.02. The van der Waals surface area contributed by atoms with E-state index in [1.54, 1.807) is 31.4 Å². The fourth-order valence-corrected chi connectivity index (χ4v) is 5.32. The van der Waals surface area contributed by atoms with Crippen LogP contribution in [-0.2, 0) is 10.0 Å². The number of hydrogen-bond acceptors (Lipinski definition) is 6. The molecule has 2 aromatic carbocycles. The lowest BCUT2D eigenvalue weighted by Gasteiger charge is -2.37. The summed E-state index contributed by atoms with van der Waals surface area (Å²) >= 11 is 0. The Morgan fingerprint density at radius 3 is 2.60 bits per heavy atom. The molecule has 0 aliphatic carbocycles. The molecule has 7 nitrogen and oxygen atoms in total. The Labute approximate surface area is 176 Å². The van der Waals surface area contributed by atoms with Gasteiger partial charge in [0.1, 0.15) is 11.0 Å². The van der Waals surface area contributed by atoms with Crippen molar-refractivity contribution in [3.63, 3.8) is 0 Å². The first kappa shape index (κ1) is 20.3. The third kappa shape index (κ3) is 3.86. The molecule has 0 radical (unpaired) electrons. The summed E-state index contributed by atoms with van der Waals surface area (Å²) in [6.45, 7) is 7.60. The second-order valence-electron chi connectivity index (χ2n) is 7.92. The minimum Gasteiger partial charge on any atom is -0.462 e. The molecule has 0 saturated carbocycles. The van der Waals surface area contributed by atoms with E-state index < -0.39 is 10.0 Å². The molecule has 0 bridgehead atoms. The molecule has 30 heavy (non-hydrogen) atoms. The smallest absolute Gasteiger partial charge is 0.263 e. The van der Waals surface area contributed by atoms with Crippen LogP contribution in [0.25, 0.3) is 11.0 Å². The van der Waals surface area contributed by atoms with Crippen LogP contribution in [0.3, 0.4) is 0 Å². The van der Waals surface area contributed by atoms with Crippen LogP contribution >= 0.6 is 0 Å². The predicted octanol–water partition coefficient (Wildman–Crippen LogP) is 3.60. The molecule has 3 aromatic rings. The van der Waals surface area contributed by atoms with Crippen molar-refractivity contribution in [3.05, 3.63) is 53.8 Å². The molecule has 1 saturated heterocycles. The van der Waals surface area contributed by atoms with Gasteiger partial charge < -0.3 is 14.6 Å². The standard InChI is InChI=1S/C22H24N4O3S/c1-14-4-5-18(11-23)21(8-14)30(27,28)25-19-9-17-6-7-29-22(17)20(10-19)26-12-15(2)24-16(3)13-26/h4-10,15-16,24-25H,12-13H2,1-3H3/t15-,16+. The van der Waals surface area contributed by atoms with Crippen LogP contribution in [0.15, 0.2) is 52.0 Å². The third-order valence-corrected chi connectivity index (χ3v) is 6.65. The highest BCUT2D eigenvalue weighted by atomic mass is 32.2. The highest BCUT2D eigenvalue weighted by Crippen LogP contribution is 2.34. The SMILES string of the molecule is Cc1ccc(C#N)c(S(=O)(=O)Nc2cc(N3C[C@@H](C)N[C@@H](C)C3)c3occc3c2)c1. The van der Waals surface area contributed by atoms with E-state index >= 15 is 0 Å². The number of nitrogens with zero attached hydrogens (tertiary/aromatic N) is 2. The van der Waals surface area contributed by atoms with Crippen LogP contribution in [-0.4, -0.2) is 33.6 Å². The van der Waals surface area contributed by atoms with Crippen LogP contribution in [0.4, 0.5) is 11.4 Å². The van der Waals surface area contributed by atoms with Gasteiger partial charge in [-0.3, -0.25) is 4.72 Å². The molecule has 0 unspecified atom stereocenters. The Bertz CT molecular complexity index is 1230. The van der Waals surface area contributed by atoms with Crippen molar-refractivity contribution in [2.75, 3.05) is 22.7 Å². The first-order valence-corrected chi connectivity index (χ1v) is 11.3. The van der Waals surface area contributed by atoms with Gasteiger partial charge in [0, 0.05) is 30.6 Å². The lowest BCUT2D eigenvalue weighted by Crippen LogP contribution is -2.54. The summed E-state index contributed by atoms with van der Waals surface area (Å²) < 4.78 is 34.6. The van der Waals surface area contributed by atoms with Crippen LogP contribution in [0.2, 0.25) is 0 Å². The van der Waals surface area contributed by atoms with Crippen molar-refractivity contribution < 1.29 is 12.8 Å². The van der Waals surface area contributed by atoms with E-state index in [0.29, 0.717) is 17.8 Å². The lowest BCUT2D eigenvalue weighted by atomic mass is 10.1. The molecule has 0 spiro atoms. The van der Waals surface area contributed by atoms with Gasteiger partial charge in [-0.2, -0.15) is 5.26 Å². The summed E-state index contributed by atoms with van der Waals surface area (Å²) in [6, 6.07) is 12.7. The molecular weight excluding hydrogens is 400 g/mol. The fraction of sp³-hybridized carbons (Fsp3) is 0.318. The topological polar surface area (TPSA) is 98.4 Å². The number of sulfonamides is 1. The first-order valence-electron chi connectivity index (χ1n) is 9.82. The zero-order chi connectivity index (χ0) is 21.5. The molecule has 1 fully saturated rings. The number of fused-ring (bicyclic) bond motifs is 1. The van der Waals surface area contributed by atoms with Crippen molar-refractivity contribution in [1.29, 1.82) is 5.26 Å². The number of aryl methyl sites for hydroxylation is 1.